The summed E-state index contributed by atoms with van der Waals surface area (Å²) in [7, 11) is 0.499. The van der Waals surface area contributed by atoms with Gasteiger partial charge in [-0.25, -0.2) is 0 Å². The summed E-state index contributed by atoms with van der Waals surface area (Å²) in [5.74, 6) is 0. The summed E-state index contributed by atoms with van der Waals surface area (Å²) >= 11 is 0. The van der Waals surface area contributed by atoms with Gasteiger partial charge in [0.05, 0.1) is 0 Å². The molecule has 0 atom stereocenters. The molecule has 0 saturated heterocycles. The lowest BCUT2D eigenvalue weighted by molar-refractivity contribution is 0.676. The Morgan fingerprint density at radius 3 is 2.83 bits per heavy atom. The third-order valence-corrected chi connectivity index (χ3v) is 4.09. The molecular weight excluding hydrogens is 180 g/mol. The predicted octanol–water partition coefficient (Wildman–Crippen LogP) is -0.355. The maximum absolute atomic E-state index is 5.39. The van der Waals surface area contributed by atoms with E-state index in [2.05, 4.69) is 31.2 Å². The summed E-state index contributed by atoms with van der Waals surface area (Å²) in [6.45, 7) is 2.22. The fourth-order valence-electron chi connectivity index (χ4n) is 1.37. The van der Waals surface area contributed by atoms with Crippen molar-refractivity contribution in [2.24, 2.45) is 0 Å². The average Bonchev–Trinajstić information content (AvgIpc) is 2.09. The minimum atomic E-state index is -0.389. The van der Waals surface area contributed by atoms with Gasteiger partial charge in [0.1, 0.15) is 10.5 Å². The third kappa shape index (κ3) is 2.58. The van der Waals surface area contributed by atoms with Crippen LogP contribution in [0.5, 0.6) is 0 Å². The van der Waals surface area contributed by atoms with E-state index in [0.717, 1.165) is 10.5 Å². The van der Waals surface area contributed by atoms with E-state index in [1.54, 1.807) is 0 Å². The second-order valence-corrected chi connectivity index (χ2v) is 6.31. The van der Waals surface area contributed by atoms with Crippen LogP contribution in [0.4, 0.5) is 0 Å². The van der Waals surface area contributed by atoms with E-state index in [1.165, 1.54) is 23.6 Å². The molecule has 1 aromatic carbocycles. The maximum Gasteiger partial charge on any atom is 0.178 e. The van der Waals surface area contributed by atoms with Crippen LogP contribution in [0, 0.1) is 0 Å². The van der Waals surface area contributed by atoms with Crippen LogP contribution in [-0.2, 0) is 10.5 Å². The van der Waals surface area contributed by atoms with Crippen LogP contribution >= 0.6 is 0 Å². The second kappa shape index (κ2) is 5.29. The normalized spacial score (nSPS) is 11.4. The molecule has 66 valence electrons. The Morgan fingerprint density at radius 2 is 2.17 bits per heavy atom. The first kappa shape index (κ1) is 9.70. The van der Waals surface area contributed by atoms with E-state index < -0.39 is 0 Å². The molecule has 0 aromatic heterocycles. The highest BCUT2D eigenvalue weighted by Gasteiger charge is 1.99. The minimum Gasteiger partial charge on any atom is -0.465 e. The first-order chi connectivity index (χ1) is 5.88. The number of hydrogen-bond acceptors (Lipinski definition) is 1. The minimum absolute atomic E-state index is 0.389. The zero-order valence-electron chi connectivity index (χ0n) is 7.84. The first-order valence-corrected chi connectivity index (χ1v) is 6.54. The molecule has 0 aliphatic carbocycles. The van der Waals surface area contributed by atoms with Crippen molar-refractivity contribution in [1.29, 1.82) is 0 Å². The number of rotatable bonds is 4. The van der Waals surface area contributed by atoms with Crippen LogP contribution in [0.25, 0.3) is 0 Å². The van der Waals surface area contributed by atoms with Crippen LogP contribution in [0.3, 0.4) is 0 Å². The molecule has 0 radical (unpaired) electrons. The summed E-state index contributed by atoms with van der Waals surface area (Å²) in [5.41, 5.74) is 1.50. The molecule has 0 N–H and O–H groups in total. The summed E-state index contributed by atoms with van der Waals surface area (Å²) in [6, 6.07) is 8.68. The Labute approximate surface area is 79.6 Å². The topological polar surface area (TPSA) is 9.23 Å². The summed E-state index contributed by atoms with van der Waals surface area (Å²) in [4.78, 5) is 0. The van der Waals surface area contributed by atoms with Crippen LogP contribution in [0.15, 0.2) is 24.3 Å². The molecule has 1 aromatic rings. The lowest BCUT2D eigenvalue weighted by atomic mass is 10.1. The Hall–Kier alpha value is -0.386. The Balaban J connectivity index is 2.77. The summed E-state index contributed by atoms with van der Waals surface area (Å²) < 4.78 is 5.39. The molecule has 0 spiro atoms. The molecule has 0 saturated carbocycles. The van der Waals surface area contributed by atoms with Crippen molar-refractivity contribution in [2.75, 3.05) is 0 Å². The average molecular weight is 196 g/mol. The summed E-state index contributed by atoms with van der Waals surface area (Å²) in [5, 5.41) is 1.49. The van der Waals surface area contributed by atoms with Gasteiger partial charge in [0.15, 0.2) is 9.76 Å². The number of benzene rings is 1. The van der Waals surface area contributed by atoms with Gasteiger partial charge in [0.25, 0.3) is 0 Å². The maximum atomic E-state index is 5.39. The van der Waals surface area contributed by atoms with Gasteiger partial charge >= 0.3 is 0 Å². The highest BCUT2D eigenvalue weighted by Crippen LogP contribution is 1.99. The third-order valence-electron chi connectivity index (χ3n) is 1.94. The smallest absolute Gasteiger partial charge is 0.178 e. The molecule has 0 heterocycles. The molecule has 12 heavy (non-hydrogen) atoms. The fourth-order valence-corrected chi connectivity index (χ4v) is 3.32. The lowest BCUT2D eigenvalue weighted by Crippen LogP contribution is -2.20. The molecule has 1 nitrogen and oxygen atoms in total. The molecule has 3 heteroatoms. The monoisotopic (exact) mass is 196 g/mol. The van der Waals surface area contributed by atoms with E-state index in [0.29, 0.717) is 0 Å². The highest BCUT2D eigenvalue weighted by molar-refractivity contribution is 6.51. The molecule has 0 fully saturated rings. The Kier molecular flexibility index (Phi) is 4.28. The van der Waals surface area contributed by atoms with Crippen LogP contribution < -0.4 is 5.19 Å². The molecule has 0 amide bonds. The van der Waals surface area contributed by atoms with Gasteiger partial charge in [-0.3, -0.25) is 0 Å². The van der Waals surface area contributed by atoms with Crippen molar-refractivity contribution in [3.8, 4) is 0 Å². The van der Waals surface area contributed by atoms with Gasteiger partial charge in [-0.05, 0) is 17.2 Å². The fraction of sp³-hybridized carbons (Fsp3) is 0.333. The van der Waals surface area contributed by atoms with Crippen molar-refractivity contribution in [3.63, 3.8) is 0 Å². The van der Waals surface area contributed by atoms with Gasteiger partial charge in [-0.2, -0.15) is 0 Å². The molecule has 0 unspecified atom stereocenters. The zero-order chi connectivity index (χ0) is 8.81. The molecule has 0 bridgehead atoms. The molecule has 0 aliphatic rings. The van der Waals surface area contributed by atoms with Crippen molar-refractivity contribution in [2.45, 2.75) is 19.8 Å². The number of aryl methyl sites for hydroxylation is 1. The van der Waals surface area contributed by atoms with E-state index in [4.69, 9.17) is 4.12 Å². The number of hydrogen-bond donors (Lipinski definition) is 0. The Bertz CT molecular complexity index is 213. The SMILES string of the molecule is CCCc1ccccc1[SiH2]O[SiH3]. The van der Waals surface area contributed by atoms with Crippen molar-refractivity contribution in [3.05, 3.63) is 29.8 Å². The zero-order valence-corrected chi connectivity index (χ0v) is 11.3. The van der Waals surface area contributed by atoms with Gasteiger partial charge in [-0.1, -0.05) is 37.6 Å². The van der Waals surface area contributed by atoms with E-state index in [1.807, 2.05) is 0 Å². The standard InChI is InChI=1S/C9H16OSi2/c1-2-5-8-6-3-4-7-9(8)12-10-11/h3-4,6-7H,2,5,12H2,1,11H3. The lowest BCUT2D eigenvalue weighted by Gasteiger charge is -2.06. The molecule has 1 rings (SSSR count). The van der Waals surface area contributed by atoms with E-state index in [9.17, 15) is 0 Å². The Morgan fingerprint density at radius 1 is 1.42 bits per heavy atom. The van der Waals surface area contributed by atoms with Gasteiger partial charge < -0.3 is 4.12 Å². The van der Waals surface area contributed by atoms with E-state index >= 15 is 0 Å². The van der Waals surface area contributed by atoms with Gasteiger partial charge in [-0.15, -0.1) is 0 Å². The second-order valence-electron chi connectivity index (χ2n) is 2.95. The van der Waals surface area contributed by atoms with E-state index in [-0.39, 0.29) is 9.76 Å². The largest absolute Gasteiger partial charge is 0.465 e. The van der Waals surface area contributed by atoms with Crippen LogP contribution in [0.1, 0.15) is 18.9 Å². The molecule has 0 aliphatic heterocycles. The first-order valence-electron chi connectivity index (χ1n) is 4.44. The van der Waals surface area contributed by atoms with Gasteiger partial charge in [0, 0.05) is 0 Å². The quantitative estimate of drug-likeness (QED) is 0.598. The van der Waals surface area contributed by atoms with Gasteiger partial charge in [0.2, 0.25) is 0 Å². The predicted molar refractivity (Wildman–Crippen MR) is 59.6 cm³/mol. The molecular formula is C9H16OSi2. The highest BCUT2D eigenvalue weighted by atomic mass is 28.3. The van der Waals surface area contributed by atoms with Crippen molar-refractivity contribution >= 4 is 25.4 Å². The van der Waals surface area contributed by atoms with Crippen molar-refractivity contribution < 1.29 is 4.12 Å². The van der Waals surface area contributed by atoms with Crippen molar-refractivity contribution in [1.82, 2.24) is 0 Å². The van der Waals surface area contributed by atoms with Crippen LogP contribution in [-0.4, -0.2) is 20.2 Å². The summed E-state index contributed by atoms with van der Waals surface area (Å²) in [6.07, 6.45) is 2.43. The van der Waals surface area contributed by atoms with Crippen LogP contribution in [0.2, 0.25) is 0 Å².